The summed E-state index contributed by atoms with van der Waals surface area (Å²) in [5, 5.41) is 12.6. The van der Waals surface area contributed by atoms with Crippen LogP contribution in [0.4, 0.5) is 5.95 Å². The molecule has 2 aromatic rings. The third-order valence-electron chi connectivity index (χ3n) is 7.27. The molecule has 172 valence electrons. The molecule has 0 amide bonds. The van der Waals surface area contributed by atoms with E-state index in [-0.39, 0.29) is 24.2 Å². The molecule has 6 nitrogen and oxygen atoms in total. The van der Waals surface area contributed by atoms with Crippen LogP contribution in [0, 0.1) is 5.92 Å². The number of hydrogen-bond donors (Lipinski definition) is 2. The Morgan fingerprint density at radius 2 is 2.16 bits per heavy atom. The Bertz CT molecular complexity index is 959. The summed E-state index contributed by atoms with van der Waals surface area (Å²) in [5.41, 5.74) is 2.52. The minimum Gasteiger partial charge on any atom is -0.396 e. The summed E-state index contributed by atoms with van der Waals surface area (Å²) < 4.78 is 6.48. The highest BCUT2D eigenvalue weighted by molar-refractivity contribution is 7.12. The van der Waals surface area contributed by atoms with E-state index in [1.165, 1.54) is 10.4 Å². The number of rotatable bonds is 6. The van der Waals surface area contributed by atoms with Gasteiger partial charge < -0.3 is 15.2 Å². The zero-order valence-electron chi connectivity index (χ0n) is 19.1. The molecule has 1 saturated heterocycles. The Balaban J connectivity index is 1.20. The second kappa shape index (κ2) is 9.21. The number of piperidine rings is 1. The molecule has 2 aromatic heterocycles. The number of aromatic nitrogens is 2. The molecule has 4 atom stereocenters. The van der Waals surface area contributed by atoms with Gasteiger partial charge in [0.05, 0.1) is 12.2 Å². The van der Waals surface area contributed by atoms with E-state index in [2.05, 4.69) is 52.3 Å². The molecule has 32 heavy (non-hydrogen) atoms. The van der Waals surface area contributed by atoms with Crippen molar-refractivity contribution in [1.29, 1.82) is 0 Å². The number of fused-ring (bicyclic) bond motifs is 2. The van der Waals surface area contributed by atoms with E-state index < -0.39 is 0 Å². The van der Waals surface area contributed by atoms with Crippen LogP contribution in [0.15, 0.2) is 30.6 Å². The monoisotopic (exact) mass is 454 g/mol. The highest BCUT2D eigenvalue weighted by atomic mass is 32.1. The third kappa shape index (κ3) is 4.36. The number of ether oxygens (including phenoxy) is 1. The first-order valence-electron chi connectivity index (χ1n) is 12.0. The molecule has 0 saturated carbocycles. The molecule has 0 aromatic carbocycles. The van der Waals surface area contributed by atoms with Crippen LogP contribution in [0.25, 0.3) is 0 Å². The lowest BCUT2D eigenvalue weighted by molar-refractivity contribution is -0.112. The molecule has 0 radical (unpaired) electrons. The molecular weight excluding hydrogens is 420 g/mol. The van der Waals surface area contributed by atoms with Gasteiger partial charge in [-0.2, -0.15) is 0 Å². The van der Waals surface area contributed by atoms with E-state index in [0.717, 1.165) is 57.4 Å². The molecule has 7 heteroatoms. The van der Waals surface area contributed by atoms with Crippen LogP contribution in [0.3, 0.4) is 0 Å². The molecule has 5 rings (SSSR count). The summed E-state index contributed by atoms with van der Waals surface area (Å²) in [4.78, 5) is 14.7. The fourth-order valence-corrected chi connectivity index (χ4v) is 6.62. The lowest BCUT2D eigenvalue weighted by atomic mass is 9.79. The first kappa shape index (κ1) is 22.0. The third-order valence-corrected chi connectivity index (χ3v) is 8.61. The first-order valence-corrected chi connectivity index (χ1v) is 12.8. The van der Waals surface area contributed by atoms with Crippen molar-refractivity contribution in [3.05, 3.63) is 51.5 Å². The predicted molar refractivity (Wildman–Crippen MR) is 128 cm³/mol. The van der Waals surface area contributed by atoms with Gasteiger partial charge in [0.15, 0.2) is 0 Å². The van der Waals surface area contributed by atoms with Crippen LogP contribution in [-0.4, -0.2) is 51.8 Å². The van der Waals surface area contributed by atoms with Crippen molar-refractivity contribution in [3.8, 4) is 0 Å². The van der Waals surface area contributed by atoms with E-state index in [1.54, 1.807) is 4.88 Å². The van der Waals surface area contributed by atoms with E-state index >= 15 is 0 Å². The molecular formula is C25H34N4O2S. The number of hydrogen-bond acceptors (Lipinski definition) is 7. The van der Waals surface area contributed by atoms with E-state index in [0.29, 0.717) is 12.0 Å². The van der Waals surface area contributed by atoms with E-state index in [4.69, 9.17) is 4.74 Å². The van der Waals surface area contributed by atoms with Crippen LogP contribution < -0.4 is 5.32 Å². The van der Waals surface area contributed by atoms with Crippen LogP contribution >= 0.6 is 11.3 Å². The van der Waals surface area contributed by atoms with Crippen molar-refractivity contribution in [1.82, 2.24) is 14.9 Å². The summed E-state index contributed by atoms with van der Waals surface area (Å²) in [6, 6.07) is 3.06. The number of likely N-dealkylation sites (tertiary alicyclic amines) is 1. The first-order chi connectivity index (χ1) is 15.6. The topological polar surface area (TPSA) is 70.5 Å². The van der Waals surface area contributed by atoms with Crippen molar-refractivity contribution in [2.24, 2.45) is 5.92 Å². The van der Waals surface area contributed by atoms with Crippen molar-refractivity contribution >= 4 is 17.3 Å². The van der Waals surface area contributed by atoms with Crippen LogP contribution in [0.1, 0.15) is 54.0 Å². The Morgan fingerprint density at radius 1 is 1.31 bits per heavy atom. The highest BCUT2D eigenvalue weighted by Crippen LogP contribution is 2.46. The van der Waals surface area contributed by atoms with Gasteiger partial charge in [-0.1, -0.05) is 19.1 Å². The van der Waals surface area contributed by atoms with Gasteiger partial charge >= 0.3 is 0 Å². The minimum atomic E-state index is -0.0983. The molecule has 3 aliphatic rings. The SMILES string of the molecule is CCc1cc2c(s1)CCO[C@@]21CCN(Cc2cnc(N[C@@H]3C=C[C@H](CO)C3)nc2)[C@@H](C)C1. The summed E-state index contributed by atoms with van der Waals surface area (Å²) in [5.74, 6) is 0.891. The average Bonchev–Trinajstić information content (AvgIpc) is 3.44. The fourth-order valence-electron chi connectivity index (χ4n) is 5.44. The summed E-state index contributed by atoms with van der Waals surface area (Å²) in [6.45, 7) is 7.50. The average molecular weight is 455 g/mol. The van der Waals surface area contributed by atoms with Crippen molar-refractivity contribution < 1.29 is 9.84 Å². The van der Waals surface area contributed by atoms with Crippen molar-refractivity contribution in [3.63, 3.8) is 0 Å². The molecule has 2 N–H and O–H groups in total. The zero-order chi connectivity index (χ0) is 22.1. The van der Waals surface area contributed by atoms with Crippen LogP contribution in [0.2, 0.25) is 0 Å². The number of anilines is 1. The van der Waals surface area contributed by atoms with Gasteiger partial charge in [-0.25, -0.2) is 9.97 Å². The predicted octanol–water partition coefficient (Wildman–Crippen LogP) is 3.90. The molecule has 2 aliphatic heterocycles. The maximum Gasteiger partial charge on any atom is 0.223 e. The normalized spacial score (nSPS) is 30.0. The number of thiophene rings is 1. The summed E-state index contributed by atoms with van der Waals surface area (Å²) in [7, 11) is 0. The minimum absolute atomic E-state index is 0.0983. The molecule has 0 unspecified atom stereocenters. The standard InChI is InChI=1S/C25H34N4O2S/c1-3-21-11-22-23(32-21)6-9-31-25(22)7-8-29(17(2)12-25)15-19-13-26-24(27-14-19)28-20-5-4-18(10-20)16-30/h4-5,11,13-14,17-18,20,30H,3,6-10,12,15-16H2,1-2H3,(H,26,27,28)/t17-,18-,20+,25+/m0/s1. The maximum atomic E-state index is 9.28. The van der Waals surface area contributed by atoms with Gasteiger partial charge in [0.25, 0.3) is 0 Å². The number of aliphatic hydroxyl groups is 1. The number of nitrogens with one attached hydrogen (secondary N) is 1. The largest absolute Gasteiger partial charge is 0.396 e. The molecule has 4 heterocycles. The van der Waals surface area contributed by atoms with Gasteiger partial charge in [0, 0.05) is 71.8 Å². The molecule has 1 fully saturated rings. The second-order valence-corrected chi connectivity index (χ2v) is 10.7. The summed E-state index contributed by atoms with van der Waals surface area (Å²) >= 11 is 1.99. The molecule has 1 spiro atoms. The van der Waals surface area contributed by atoms with E-state index in [9.17, 15) is 5.11 Å². The van der Waals surface area contributed by atoms with Gasteiger partial charge in [-0.3, -0.25) is 4.90 Å². The molecule has 0 bridgehead atoms. The fraction of sp³-hybridized carbons (Fsp3) is 0.600. The van der Waals surface area contributed by atoms with Crippen molar-refractivity contribution in [2.75, 3.05) is 25.1 Å². The second-order valence-electron chi connectivity index (χ2n) is 9.50. The molecule has 1 aliphatic carbocycles. The van der Waals surface area contributed by atoms with Gasteiger partial charge in [-0.15, -0.1) is 11.3 Å². The number of nitrogens with zero attached hydrogens (tertiary/aromatic N) is 3. The van der Waals surface area contributed by atoms with Crippen molar-refractivity contribution in [2.45, 2.75) is 70.2 Å². The highest BCUT2D eigenvalue weighted by Gasteiger charge is 2.44. The summed E-state index contributed by atoms with van der Waals surface area (Å²) in [6.07, 6.45) is 13.2. The number of aliphatic hydroxyl groups excluding tert-OH is 1. The Labute approximate surface area is 194 Å². The lowest BCUT2D eigenvalue weighted by Gasteiger charge is -2.47. The Morgan fingerprint density at radius 3 is 2.88 bits per heavy atom. The van der Waals surface area contributed by atoms with Crippen LogP contribution in [0.5, 0.6) is 0 Å². The smallest absolute Gasteiger partial charge is 0.223 e. The van der Waals surface area contributed by atoms with Gasteiger partial charge in [-0.05, 0) is 44.2 Å². The Kier molecular flexibility index (Phi) is 6.34. The van der Waals surface area contributed by atoms with Gasteiger partial charge in [0.1, 0.15) is 0 Å². The zero-order valence-corrected chi connectivity index (χ0v) is 19.9. The maximum absolute atomic E-state index is 9.28. The van der Waals surface area contributed by atoms with Crippen LogP contribution in [-0.2, 0) is 29.7 Å². The van der Waals surface area contributed by atoms with E-state index in [1.807, 2.05) is 23.7 Å². The Hall–Kier alpha value is -1.80. The van der Waals surface area contributed by atoms with Gasteiger partial charge in [0.2, 0.25) is 5.95 Å². The quantitative estimate of drug-likeness (QED) is 0.645. The lowest BCUT2D eigenvalue weighted by Crippen LogP contribution is -2.50. The number of aryl methyl sites for hydroxylation is 1.